The fraction of sp³-hybridized carbons (Fsp3) is 0.933. The highest BCUT2D eigenvalue weighted by molar-refractivity contribution is 5.91. The predicted octanol–water partition coefficient (Wildman–Crippen LogP) is 2.81. The summed E-state index contributed by atoms with van der Waals surface area (Å²) < 4.78 is 6.03. The van der Waals surface area contributed by atoms with Crippen LogP contribution in [0.25, 0.3) is 0 Å². The number of carbonyl (C=O) groups excluding carboxylic acids is 1. The van der Waals surface area contributed by atoms with E-state index in [0.29, 0.717) is 0 Å². The number of rotatable bonds is 2. The van der Waals surface area contributed by atoms with Crippen molar-refractivity contribution in [3.63, 3.8) is 0 Å². The Labute approximate surface area is 110 Å². The molecular weight excluding hydrogens is 226 g/mol. The highest BCUT2D eigenvalue weighted by atomic mass is 16.5. The summed E-state index contributed by atoms with van der Waals surface area (Å²) in [6.45, 7) is 8.17. The Balaban J connectivity index is 2.18. The smallest absolute Gasteiger partial charge is 0.158 e. The molecule has 0 spiro atoms. The topological polar surface area (TPSA) is 52.3 Å². The second-order valence-corrected chi connectivity index (χ2v) is 7.30. The van der Waals surface area contributed by atoms with Crippen molar-refractivity contribution in [2.45, 2.75) is 83.0 Å². The Morgan fingerprint density at radius 1 is 1.11 bits per heavy atom. The number of hydrogen-bond donors (Lipinski definition) is 1. The molecule has 1 aliphatic carbocycles. The van der Waals surface area contributed by atoms with E-state index in [2.05, 4.69) is 13.8 Å². The molecule has 104 valence electrons. The van der Waals surface area contributed by atoms with Gasteiger partial charge in [0, 0.05) is 0 Å². The van der Waals surface area contributed by atoms with E-state index in [1.54, 1.807) is 0 Å². The summed E-state index contributed by atoms with van der Waals surface area (Å²) in [5.74, 6) is 0.174. The van der Waals surface area contributed by atoms with E-state index in [4.69, 9.17) is 10.5 Å². The van der Waals surface area contributed by atoms with Crippen LogP contribution in [-0.2, 0) is 9.53 Å². The summed E-state index contributed by atoms with van der Waals surface area (Å²) in [4.78, 5) is 12.8. The van der Waals surface area contributed by atoms with Gasteiger partial charge in [0.25, 0.3) is 0 Å². The molecule has 2 aliphatic rings. The van der Waals surface area contributed by atoms with Crippen LogP contribution >= 0.6 is 0 Å². The van der Waals surface area contributed by atoms with Gasteiger partial charge in [0.05, 0.1) is 22.7 Å². The molecule has 2 N–H and O–H groups in total. The van der Waals surface area contributed by atoms with E-state index in [9.17, 15) is 4.79 Å². The third-order valence-electron chi connectivity index (χ3n) is 4.63. The zero-order valence-electron chi connectivity index (χ0n) is 12.2. The van der Waals surface area contributed by atoms with E-state index in [1.807, 2.05) is 13.8 Å². The third-order valence-corrected chi connectivity index (χ3v) is 4.63. The van der Waals surface area contributed by atoms with Crippen molar-refractivity contribution < 1.29 is 9.53 Å². The van der Waals surface area contributed by atoms with Crippen molar-refractivity contribution in [2.75, 3.05) is 0 Å². The Hall–Kier alpha value is -0.410. The number of nitrogens with two attached hydrogens (primary N) is 1. The van der Waals surface area contributed by atoms with Crippen LogP contribution in [0.15, 0.2) is 0 Å². The van der Waals surface area contributed by atoms with Crippen LogP contribution in [0.1, 0.15) is 66.2 Å². The van der Waals surface area contributed by atoms with E-state index >= 15 is 0 Å². The minimum absolute atomic E-state index is 0.0596. The van der Waals surface area contributed by atoms with E-state index in [0.717, 1.165) is 32.1 Å². The van der Waals surface area contributed by atoms with Crippen molar-refractivity contribution in [3.05, 3.63) is 0 Å². The standard InChI is InChI=1S/C15H27NO2/c1-13(2)10-11(14(3,4)18-13)12(17)15(16)8-6-5-7-9-15/h11H,5-10,16H2,1-4H3. The molecule has 2 rings (SSSR count). The number of ether oxygens (including phenoxy) is 1. The summed E-state index contributed by atoms with van der Waals surface area (Å²) in [6.07, 6.45) is 5.86. The number of hydrogen-bond acceptors (Lipinski definition) is 3. The summed E-state index contributed by atoms with van der Waals surface area (Å²) >= 11 is 0. The lowest BCUT2D eigenvalue weighted by Gasteiger charge is -2.37. The third kappa shape index (κ3) is 2.48. The molecule has 1 unspecified atom stereocenters. The van der Waals surface area contributed by atoms with Crippen LogP contribution < -0.4 is 5.73 Å². The first-order chi connectivity index (χ1) is 8.16. The maximum atomic E-state index is 12.8. The molecule has 1 atom stereocenters. The van der Waals surface area contributed by atoms with Crippen LogP contribution in [-0.4, -0.2) is 22.5 Å². The summed E-state index contributed by atoms with van der Waals surface area (Å²) in [6, 6.07) is 0. The van der Waals surface area contributed by atoms with Crippen LogP contribution in [0.4, 0.5) is 0 Å². The molecule has 1 heterocycles. The molecule has 0 aromatic rings. The average Bonchev–Trinajstić information content (AvgIpc) is 2.46. The monoisotopic (exact) mass is 253 g/mol. The molecule has 1 saturated carbocycles. The van der Waals surface area contributed by atoms with Gasteiger partial charge in [-0.05, 0) is 47.0 Å². The van der Waals surface area contributed by atoms with E-state index in [-0.39, 0.29) is 22.9 Å². The molecule has 3 nitrogen and oxygen atoms in total. The maximum Gasteiger partial charge on any atom is 0.158 e. The number of carbonyl (C=O) groups is 1. The second kappa shape index (κ2) is 4.31. The Morgan fingerprint density at radius 2 is 1.67 bits per heavy atom. The van der Waals surface area contributed by atoms with Gasteiger partial charge in [-0.2, -0.15) is 0 Å². The molecule has 0 amide bonds. The normalized spacial score (nSPS) is 33.3. The van der Waals surface area contributed by atoms with Gasteiger partial charge in [0.15, 0.2) is 5.78 Å². The molecular formula is C15H27NO2. The van der Waals surface area contributed by atoms with Gasteiger partial charge in [-0.3, -0.25) is 4.79 Å². The predicted molar refractivity (Wildman–Crippen MR) is 72.4 cm³/mol. The van der Waals surface area contributed by atoms with E-state index in [1.165, 1.54) is 6.42 Å². The van der Waals surface area contributed by atoms with Gasteiger partial charge in [-0.15, -0.1) is 0 Å². The number of ketones is 1. The minimum Gasteiger partial charge on any atom is -0.369 e. The Kier molecular flexibility index (Phi) is 3.35. The van der Waals surface area contributed by atoms with Gasteiger partial charge in [-0.1, -0.05) is 19.3 Å². The lowest BCUT2D eigenvalue weighted by molar-refractivity contribution is -0.135. The largest absolute Gasteiger partial charge is 0.369 e. The zero-order chi connectivity index (χ0) is 13.6. The summed E-state index contributed by atoms with van der Waals surface area (Å²) in [5.41, 5.74) is 5.20. The lowest BCUT2D eigenvalue weighted by Crippen LogP contribution is -2.54. The first kappa shape index (κ1) is 14.0. The van der Waals surface area contributed by atoms with Crippen LogP contribution in [0.2, 0.25) is 0 Å². The maximum absolute atomic E-state index is 12.8. The molecule has 0 aromatic heterocycles. The highest BCUT2D eigenvalue weighted by Gasteiger charge is 2.53. The molecule has 2 fully saturated rings. The molecule has 0 aromatic carbocycles. The van der Waals surface area contributed by atoms with Crippen molar-refractivity contribution in [2.24, 2.45) is 11.7 Å². The van der Waals surface area contributed by atoms with Crippen molar-refractivity contribution in [3.8, 4) is 0 Å². The molecule has 0 bridgehead atoms. The molecule has 1 aliphatic heterocycles. The second-order valence-electron chi connectivity index (χ2n) is 7.30. The van der Waals surface area contributed by atoms with E-state index < -0.39 is 5.54 Å². The summed E-state index contributed by atoms with van der Waals surface area (Å²) in [7, 11) is 0. The summed E-state index contributed by atoms with van der Waals surface area (Å²) in [5, 5.41) is 0. The highest BCUT2D eigenvalue weighted by Crippen LogP contribution is 2.45. The van der Waals surface area contributed by atoms with Crippen molar-refractivity contribution in [1.29, 1.82) is 0 Å². The van der Waals surface area contributed by atoms with Gasteiger partial charge in [0.1, 0.15) is 0 Å². The minimum atomic E-state index is -0.593. The number of Topliss-reactive ketones (excluding diaryl/α,β-unsaturated/α-hetero) is 1. The van der Waals surface area contributed by atoms with Gasteiger partial charge in [-0.25, -0.2) is 0 Å². The molecule has 3 heteroatoms. The average molecular weight is 253 g/mol. The quantitative estimate of drug-likeness (QED) is 0.823. The molecule has 0 radical (unpaired) electrons. The molecule has 18 heavy (non-hydrogen) atoms. The van der Waals surface area contributed by atoms with Gasteiger partial charge >= 0.3 is 0 Å². The fourth-order valence-electron chi connectivity index (χ4n) is 3.75. The first-order valence-corrected chi connectivity index (χ1v) is 7.20. The van der Waals surface area contributed by atoms with Gasteiger partial charge in [0.2, 0.25) is 0 Å². The van der Waals surface area contributed by atoms with Crippen LogP contribution in [0.5, 0.6) is 0 Å². The fourth-order valence-corrected chi connectivity index (χ4v) is 3.75. The van der Waals surface area contributed by atoms with Crippen molar-refractivity contribution in [1.82, 2.24) is 0 Å². The Morgan fingerprint density at radius 3 is 2.11 bits per heavy atom. The SMILES string of the molecule is CC1(C)CC(C(=O)C2(N)CCCCC2)C(C)(C)O1. The lowest BCUT2D eigenvalue weighted by atomic mass is 9.71. The molecule has 1 saturated heterocycles. The zero-order valence-corrected chi connectivity index (χ0v) is 12.2. The van der Waals surface area contributed by atoms with Crippen LogP contribution in [0, 0.1) is 5.92 Å². The van der Waals surface area contributed by atoms with Crippen LogP contribution in [0.3, 0.4) is 0 Å². The Bertz CT molecular complexity index is 340. The van der Waals surface area contributed by atoms with Crippen molar-refractivity contribution >= 4 is 5.78 Å². The first-order valence-electron chi connectivity index (χ1n) is 7.20. The van der Waals surface area contributed by atoms with Gasteiger partial charge < -0.3 is 10.5 Å².